The number of hydrogen-bond acceptors (Lipinski definition) is 4. The normalized spacial score (nSPS) is 11.2. The summed E-state index contributed by atoms with van der Waals surface area (Å²) in [7, 11) is 0. The van der Waals surface area contributed by atoms with Crippen molar-refractivity contribution in [2.45, 2.75) is 6.92 Å². The number of nitrogens with two attached hydrogens (primary N) is 1. The van der Waals surface area contributed by atoms with Crippen LogP contribution in [0.4, 0.5) is 9.39 Å². The van der Waals surface area contributed by atoms with Crippen molar-refractivity contribution in [3.8, 4) is 10.6 Å². The fourth-order valence-corrected chi connectivity index (χ4v) is 3.55. The van der Waals surface area contributed by atoms with Gasteiger partial charge in [-0.25, -0.2) is 9.37 Å². The lowest BCUT2D eigenvalue weighted by Crippen LogP contribution is -1.82. The average molecular weight is 264 g/mol. The van der Waals surface area contributed by atoms with Gasteiger partial charge in [-0.1, -0.05) is 0 Å². The van der Waals surface area contributed by atoms with Gasteiger partial charge in [0.2, 0.25) is 0 Å². The van der Waals surface area contributed by atoms with E-state index in [1.807, 2.05) is 13.0 Å². The molecule has 0 unspecified atom stereocenters. The predicted molar refractivity (Wildman–Crippen MR) is 72.0 cm³/mol. The molecule has 2 N–H and O–H groups in total. The molecule has 3 aromatic rings. The van der Waals surface area contributed by atoms with Crippen LogP contribution in [0.15, 0.2) is 24.3 Å². The molecule has 0 aliphatic heterocycles. The summed E-state index contributed by atoms with van der Waals surface area (Å²) >= 11 is 3.08. The molecule has 3 rings (SSSR count). The second-order valence-electron chi connectivity index (χ2n) is 3.77. The highest BCUT2D eigenvalue weighted by Gasteiger charge is 2.12. The van der Waals surface area contributed by atoms with E-state index in [1.54, 1.807) is 17.4 Å². The van der Waals surface area contributed by atoms with E-state index in [1.165, 1.54) is 23.5 Å². The van der Waals surface area contributed by atoms with Crippen LogP contribution in [0.3, 0.4) is 0 Å². The minimum Gasteiger partial charge on any atom is -0.390 e. The van der Waals surface area contributed by atoms with Crippen LogP contribution < -0.4 is 5.73 Å². The molecule has 17 heavy (non-hydrogen) atoms. The number of nitrogen functional groups attached to an aromatic ring is 1. The Kier molecular flexibility index (Phi) is 2.38. The highest BCUT2D eigenvalue weighted by atomic mass is 32.1. The second kappa shape index (κ2) is 3.78. The fraction of sp³-hybridized carbons (Fsp3) is 0.0833. The summed E-state index contributed by atoms with van der Waals surface area (Å²) in [4.78, 5) is 5.58. The van der Waals surface area contributed by atoms with Gasteiger partial charge in [-0.05, 0) is 25.1 Å². The number of rotatable bonds is 1. The van der Waals surface area contributed by atoms with E-state index >= 15 is 0 Å². The van der Waals surface area contributed by atoms with E-state index in [0.717, 1.165) is 25.1 Å². The molecule has 0 aliphatic rings. The van der Waals surface area contributed by atoms with E-state index in [2.05, 4.69) is 4.98 Å². The molecule has 5 heteroatoms. The van der Waals surface area contributed by atoms with Crippen LogP contribution in [0, 0.1) is 12.7 Å². The maximum atomic E-state index is 13.1. The number of aromatic nitrogens is 1. The van der Waals surface area contributed by atoms with Gasteiger partial charge in [0.25, 0.3) is 0 Å². The number of anilines is 1. The molecule has 86 valence electrons. The molecular formula is C12H9FN2S2. The van der Waals surface area contributed by atoms with Crippen LogP contribution in [-0.4, -0.2) is 4.98 Å². The predicted octanol–water partition coefficient (Wildman–Crippen LogP) is 4.05. The minimum atomic E-state index is -0.260. The van der Waals surface area contributed by atoms with Gasteiger partial charge in [0, 0.05) is 16.5 Å². The van der Waals surface area contributed by atoms with E-state index in [9.17, 15) is 4.39 Å². The van der Waals surface area contributed by atoms with Crippen molar-refractivity contribution >= 4 is 37.9 Å². The van der Waals surface area contributed by atoms with Crippen LogP contribution in [0.5, 0.6) is 0 Å². The molecule has 0 saturated carbocycles. The summed E-state index contributed by atoms with van der Waals surface area (Å²) in [6, 6.07) is 6.67. The quantitative estimate of drug-likeness (QED) is 0.720. The fourth-order valence-electron chi connectivity index (χ4n) is 1.72. The molecule has 2 heterocycles. The summed E-state index contributed by atoms with van der Waals surface area (Å²) in [6.45, 7) is 2.01. The Morgan fingerprint density at radius 2 is 2.06 bits per heavy atom. The SMILES string of the molecule is Cc1cc(-c2nc3cc(F)ccc3s2)c(N)s1. The van der Waals surface area contributed by atoms with Gasteiger partial charge in [-0.2, -0.15) is 0 Å². The zero-order valence-corrected chi connectivity index (χ0v) is 10.7. The average Bonchev–Trinajstić information content (AvgIpc) is 2.80. The van der Waals surface area contributed by atoms with Gasteiger partial charge in [0.1, 0.15) is 10.8 Å². The Hall–Kier alpha value is -1.46. The summed E-state index contributed by atoms with van der Waals surface area (Å²) in [5.41, 5.74) is 7.58. The molecule has 0 atom stereocenters. The molecule has 0 amide bonds. The summed E-state index contributed by atoms with van der Waals surface area (Å²) in [5.74, 6) is -0.260. The van der Waals surface area contributed by atoms with Crippen molar-refractivity contribution < 1.29 is 4.39 Å². The van der Waals surface area contributed by atoms with E-state index < -0.39 is 0 Å². The van der Waals surface area contributed by atoms with Crippen molar-refractivity contribution in [1.82, 2.24) is 4.98 Å². The number of thiazole rings is 1. The lowest BCUT2D eigenvalue weighted by atomic mass is 10.3. The summed E-state index contributed by atoms with van der Waals surface area (Å²) < 4.78 is 14.1. The Labute approximate surface area is 106 Å². The molecule has 0 aliphatic carbocycles. The monoisotopic (exact) mass is 264 g/mol. The van der Waals surface area contributed by atoms with Crippen LogP contribution >= 0.6 is 22.7 Å². The Morgan fingerprint density at radius 3 is 2.76 bits per heavy atom. The van der Waals surface area contributed by atoms with Crippen molar-refractivity contribution in [2.75, 3.05) is 5.73 Å². The topological polar surface area (TPSA) is 38.9 Å². The van der Waals surface area contributed by atoms with Crippen molar-refractivity contribution in [3.05, 3.63) is 35.0 Å². The third-order valence-corrected chi connectivity index (χ3v) is 4.41. The maximum Gasteiger partial charge on any atom is 0.127 e. The molecule has 2 nitrogen and oxygen atoms in total. The standard InChI is InChI=1S/C12H9FN2S2/c1-6-4-8(11(14)16-6)12-15-9-5-7(13)2-3-10(9)17-12/h2-5H,14H2,1H3. The molecule has 0 saturated heterocycles. The first-order valence-electron chi connectivity index (χ1n) is 5.06. The van der Waals surface area contributed by atoms with E-state index in [4.69, 9.17) is 5.73 Å². The van der Waals surface area contributed by atoms with E-state index in [-0.39, 0.29) is 5.82 Å². The van der Waals surface area contributed by atoms with Gasteiger partial charge in [0.15, 0.2) is 0 Å². The zero-order chi connectivity index (χ0) is 12.0. The number of fused-ring (bicyclic) bond motifs is 1. The smallest absolute Gasteiger partial charge is 0.127 e. The lowest BCUT2D eigenvalue weighted by Gasteiger charge is -1.90. The van der Waals surface area contributed by atoms with Gasteiger partial charge < -0.3 is 5.73 Å². The van der Waals surface area contributed by atoms with Crippen molar-refractivity contribution in [1.29, 1.82) is 0 Å². The van der Waals surface area contributed by atoms with Gasteiger partial charge >= 0.3 is 0 Å². The second-order valence-corrected chi connectivity index (χ2v) is 6.08. The number of halogens is 1. The first-order chi connectivity index (χ1) is 8.13. The lowest BCUT2D eigenvalue weighted by molar-refractivity contribution is 0.629. The molecule has 0 bridgehead atoms. The first-order valence-corrected chi connectivity index (χ1v) is 6.69. The number of benzene rings is 1. The first kappa shape index (κ1) is 10.7. The minimum absolute atomic E-state index is 0.260. The summed E-state index contributed by atoms with van der Waals surface area (Å²) in [5, 5.41) is 1.62. The maximum absolute atomic E-state index is 13.1. The Balaban J connectivity index is 2.21. The number of hydrogen-bond donors (Lipinski definition) is 1. The molecule has 0 radical (unpaired) electrons. The largest absolute Gasteiger partial charge is 0.390 e. The highest BCUT2D eigenvalue weighted by molar-refractivity contribution is 7.22. The number of thiophene rings is 1. The van der Waals surface area contributed by atoms with Crippen LogP contribution in [0.1, 0.15) is 4.88 Å². The summed E-state index contributed by atoms with van der Waals surface area (Å²) in [6.07, 6.45) is 0. The molecular weight excluding hydrogens is 255 g/mol. The van der Waals surface area contributed by atoms with Gasteiger partial charge in [-0.3, -0.25) is 0 Å². The number of aryl methyl sites for hydroxylation is 1. The van der Waals surface area contributed by atoms with Gasteiger partial charge in [-0.15, -0.1) is 22.7 Å². The molecule has 0 spiro atoms. The Morgan fingerprint density at radius 1 is 1.24 bits per heavy atom. The van der Waals surface area contributed by atoms with Gasteiger partial charge in [0.05, 0.1) is 15.2 Å². The third-order valence-electron chi connectivity index (χ3n) is 2.46. The van der Waals surface area contributed by atoms with Crippen molar-refractivity contribution in [2.24, 2.45) is 0 Å². The van der Waals surface area contributed by atoms with Crippen LogP contribution in [0.2, 0.25) is 0 Å². The van der Waals surface area contributed by atoms with Crippen molar-refractivity contribution in [3.63, 3.8) is 0 Å². The highest BCUT2D eigenvalue weighted by Crippen LogP contribution is 2.37. The van der Waals surface area contributed by atoms with Crippen LogP contribution in [-0.2, 0) is 0 Å². The molecule has 2 aromatic heterocycles. The number of nitrogens with zero attached hydrogens (tertiary/aromatic N) is 1. The molecule has 1 aromatic carbocycles. The van der Waals surface area contributed by atoms with E-state index in [0.29, 0.717) is 5.52 Å². The Bertz CT molecular complexity index is 700. The third kappa shape index (κ3) is 1.81. The van der Waals surface area contributed by atoms with Crippen LogP contribution in [0.25, 0.3) is 20.8 Å². The zero-order valence-electron chi connectivity index (χ0n) is 9.03. The molecule has 0 fully saturated rings.